The third-order valence-corrected chi connectivity index (χ3v) is 10.9. The summed E-state index contributed by atoms with van der Waals surface area (Å²) < 4.78 is 2.40. The maximum Gasteiger partial charge on any atom is 0.0900 e. The maximum absolute atomic E-state index is 5.25. The van der Waals surface area contributed by atoms with E-state index in [2.05, 4.69) is 166 Å². The average Bonchev–Trinajstić information content (AvgIpc) is 3.63. The van der Waals surface area contributed by atoms with Gasteiger partial charge < -0.3 is 4.57 Å². The van der Waals surface area contributed by atoms with Gasteiger partial charge in [0.05, 0.1) is 45.0 Å². The minimum atomic E-state index is 0.809. The summed E-state index contributed by atoms with van der Waals surface area (Å²) in [5, 5.41) is 5.93. The molecule has 0 aliphatic carbocycles. The summed E-state index contributed by atoms with van der Waals surface area (Å²) in [5.74, 6) is 0. The first-order chi connectivity index (χ1) is 28.3. The monoisotopic (exact) mass is 727 g/mol. The zero-order chi connectivity index (χ0) is 37.7. The lowest BCUT2D eigenvalue weighted by Gasteiger charge is -2.12. The first kappa shape index (κ1) is 32.7. The number of pyridine rings is 4. The fraction of sp³-hybridized carbons (Fsp3) is 0. The molecule has 0 unspecified atom stereocenters. The van der Waals surface area contributed by atoms with Crippen molar-refractivity contribution in [3.8, 4) is 62.0 Å². The van der Waals surface area contributed by atoms with Crippen LogP contribution in [0.25, 0.3) is 105 Å². The second-order valence-electron chi connectivity index (χ2n) is 14.3. The largest absolute Gasteiger partial charge is 0.309 e. The molecule has 5 aromatic heterocycles. The van der Waals surface area contributed by atoms with Gasteiger partial charge in [-0.3, -0.25) is 9.97 Å². The van der Waals surface area contributed by atoms with Crippen molar-refractivity contribution in [3.05, 3.63) is 200 Å². The third kappa shape index (κ3) is 5.64. The van der Waals surface area contributed by atoms with E-state index < -0.39 is 0 Å². The van der Waals surface area contributed by atoms with Gasteiger partial charge in [0.15, 0.2) is 0 Å². The van der Waals surface area contributed by atoms with Crippen molar-refractivity contribution >= 4 is 43.5 Å². The van der Waals surface area contributed by atoms with Crippen LogP contribution in [0.4, 0.5) is 0 Å². The van der Waals surface area contributed by atoms with Gasteiger partial charge in [0.25, 0.3) is 0 Å². The number of nitrogens with zero attached hydrogens (tertiary/aromatic N) is 5. The molecule has 0 spiro atoms. The zero-order valence-electron chi connectivity index (χ0n) is 30.8. The molecule has 5 heterocycles. The highest BCUT2D eigenvalue weighted by atomic mass is 15.0. The second kappa shape index (κ2) is 13.5. The molecule has 0 atom stereocenters. The van der Waals surface area contributed by atoms with E-state index in [1.165, 1.54) is 16.2 Å². The summed E-state index contributed by atoms with van der Waals surface area (Å²) in [6.45, 7) is 0. The van der Waals surface area contributed by atoms with E-state index in [-0.39, 0.29) is 0 Å². The molecule has 0 aliphatic rings. The van der Waals surface area contributed by atoms with Crippen molar-refractivity contribution in [2.75, 3.05) is 0 Å². The van der Waals surface area contributed by atoms with Gasteiger partial charge in [-0.05, 0) is 95.1 Å². The highest BCUT2D eigenvalue weighted by Gasteiger charge is 2.20. The molecule has 11 aromatic rings. The van der Waals surface area contributed by atoms with E-state index in [4.69, 9.17) is 9.97 Å². The zero-order valence-corrected chi connectivity index (χ0v) is 30.8. The van der Waals surface area contributed by atoms with Crippen LogP contribution in [0, 0.1) is 0 Å². The number of aromatic nitrogens is 5. The molecule has 0 radical (unpaired) electrons. The molecule has 0 N–H and O–H groups in total. The van der Waals surface area contributed by atoms with Crippen molar-refractivity contribution in [1.29, 1.82) is 0 Å². The molecule has 5 heteroatoms. The lowest BCUT2D eigenvalue weighted by Crippen LogP contribution is -1.94. The Kier molecular flexibility index (Phi) is 7.74. The fourth-order valence-corrected chi connectivity index (χ4v) is 8.25. The molecule has 266 valence electrons. The lowest BCUT2D eigenvalue weighted by atomic mass is 9.95. The Labute approximate surface area is 329 Å². The number of para-hydroxylation sites is 2. The Morgan fingerprint density at radius 1 is 0.333 bits per heavy atom. The molecule has 0 amide bonds. The highest BCUT2D eigenvalue weighted by Crippen LogP contribution is 2.43. The van der Waals surface area contributed by atoms with Crippen LogP contribution in [0.15, 0.2) is 200 Å². The number of fused-ring (bicyclic) bond motifs is 7. The molecule has 5 nitrogen and oxygen atoms in total. The normalized spacial score (nSPS) is 11.5. The van der Waals surface area contributed by atoms with Crippen LogP contribution < -0.4 is 0 Å². The molecule has 0 bridgehead atoms. The minimum absolute atomic E-state index is 0.809. The lowest BCUT2D eigenvalue weighted by molar-refractivity contribution is 1.18. The van der Waals surface area contributed by atoms with Crippen LogP contribution in [0.5, 0.6) is 0 Å². The Bertz CT molecular complexity index is 3190. The number of rotatable bonds is 6. The molecule has 0 saturated heterocycles. The van der Waals surface area contributed by atoms with Crippen molar-refractivity contribution in [2.24, 2.45) is 0 Å². The van der Waals surface area contributed by atoms with Crippen LogP contribution in [0.2, 0.25) is 0 Å². The summed E-state index contributed by atoms with van der Waals surface area (Å²) >= 11 is 0. The topological polar surface area (TPSA) is 56.5 Å². The van der Waals surface area contributed by atoms with Crippen molar-refractivity contribution in [3.63, 3.8) is 0 Å². The van der Waals surface area contributed by atoms with Gasteiger partial charge in [-0.2, -0.15) is 0 Å². The predicted octanol–water partition coefficient (Wildman–Crippen LogP) is 13.0. The molecular weight excluding hydrogens is 695 g/mol. The minimum Gasteiger partial charge on any atom is -0.309 e. The van der Waals surface area contributed by atoms with Gasteiger partial charge in [0.1, 0.15) is 0 Å². The Hall–Kier alpha value is -7.76. The van der Waals surface area contributed by atoms with E-state index in [1.807, 2.05) is 36.4 Å². The number of hydrogen-bond acceptors (Lipinski definition) is 4. The smallest absolute Gasteiger partial charge is 0.0900 e. The third-order valence-electron chi connectivity index (χ3n) is 10.9. The SMILES string of the molecule is c1ccc(-c2nc3ccccc3c3c2ccc2c3c3cc(-c4ccc(-c5cc(-c6ccccn6)nc(-c6ccccn6)c5)cc4)ccc3n2-c2ccccc2)cc1. The maximum atomic E-state index is 5.25. The Morgan fingerprint density at radius 3 is 1.61 bits per heavy atom. The summed E-state index contributed by atoms with van der Waals surface area (Å²) in [6, 6.07) is 66.1. The number of hydrogen-bond donors (Lipinski definition) is 0. The quantitative estimate of drug-likeness (QED) is 0.160. The first-order valence-corrected chi connectivity index (χ1v) is 19.1. The van der Waals surface area contributed by atoms with Crippen LogP contribution in [-0.2, 0) is 0 Å². The summed E-state index contributed by atoms with van der Waals surface area (Å²) in [4.78, 5) is 19.4. The molecule has 6 aromatic carbocycles. The Morgan fingerprint density at radius 2 is 0.930 bits per heavy atom. The van der Waals surface area contributed by atoms with E-state index >= 15 is 0 Å². The van der Waals surface area contributed by atoms with E-state index in [0.717, 1.165) is 89.3 Å². The van der Waals surface area contributed by atoms with Crippen LogP contribution in [-0.4, -0.2) is 24.5 Å². The van der Waals surface area contributed by atoms with Crippen molar-refractivity contribution < 1.29 is 0 Å². The molecule has 0 fully saturated rings. The van der Waals surface area contributed by atoms with Crippen LogP contribution >= 0.6 is 0 Å². The Balaban J connectivity index is 1.11. The summed E-state index contributed by atoms with van der Waals surface area (Å²) in [6.07, 6.45) is 3.61. The molecule has 11 rings (SSSR count). The fourth-order valence-electron chi connectivity index (χ4n) is 8.25. The standard InChI is InChI=1S/C52H33N5/c1-3-13-36(14-4-1)52-41-26-28-49-51(50(41)40-17-7-8-18-43(40)56-52)42-31-37(25-27-48(42)57(49)39-15-5-2-6-16-39)34-21-23-35(24-22-34)38-32-46(44-19-9-11-29-53-44)55-47(33-38)45-20-10-12-30-54-45/h1-33H. The molecule has 0 aliphatic heterocycles. The van der Waals surface area contributed by atoms with Gasteiger partial charge in [0.2, 0.25) is 0 Å². The summed E-state index contributed by atoms with van der Waals surface area (Å²) in [7, 11) is 0. The van der Waals surface area contributed by atoms with Gasteiger partial charge in [-0.25, -0.2) is 9.97 Å². The van der Waals surface area contributed by atoms with Gasteiger partial charge in [0, 0.05) is 50.6 Å². The van der Waals surface area contributed by atoms with Gasteiger partial charge in [-0.1, -0.05) is 115 Å². The predicted molar refractivity (Wildman–Crippen MR) is 234 cm³/mol. The van der Waals surface area contributed by atoms with E-state index in [9.17, 15) is 0 Å². The highest BCUT2D eigenvalue weighted by molar-refractivity contribution is 6.29. The van der Waals surface area contributed by atoms with Crippen LogP contribution in [0.1, 0.15) is 0 Å². The van der Waals surface area contributed by atoms with Crippen molar-refractivity contribution in [2.45, 2.75) is 0 Å². The van der Waals surface area contributed by atoms with E-state index in [1.54, 1.807) is 12.4 Å². The second-order valence-corrected chi connectivity index (χ2v) is 14.3. The van der Waals surface area contributed by atoms with E-state index in [0.29, 0.717) is 0 Å². The van der Waals surface area contributed by atoms with Gasteiger partial charge in [-0.15, -0.1) is 0 Å². The molecule has 57 heavy (non-hydrogen) atoms. The summed E-state index contributed by atoms with van der Waals surface area (Å²) in [5.41, 5.74) is 14.2. The van der Waals surface area contributed by atoms with Crippen LogP contribution in [0.3, 0.4) is 0 Å². The van der Waals surface area contributed by atoms with Gasteiger partial charge >= 0.3 is 0 Å². The number of benzene rings is 6. The van der Waals surface area contributed by atoms with Crippen molar-refractivity contribution in [1.82, 2.24) is 24.5 Å². The first-order valence-electron chi connectivity index (χ1n) is 19.1. The molecular formula is C52H33N5. The average molecular weight is 728 g/mol. The molecule has 0 saturated carbocycles.